The average molecular weight is 374 g/mol. The van der Waals surface area contributed by atoms with Gasteiger partial charge in [0.15, 0.2) is 0 Å². The minimum atomic E-state index is -4.48. The van der Waals surface area contributed by atoms with Crippen LogP contribution in [0.3, 0.4) is 0 Å². The molecule has 1 fully saturated rings. The number of rotatable bonds is 6. The lowest BCUT2D eigenvalue weighted by atomic mass is 9.81. The van der Waals surface area contributed by atoms with Crippen molar-refractivity contribution < 1.29 is 22.8 Å². The molecule has 0 atom stereocenters. The minimum absolute atomic E-state index is 0. The van der Waals surface area contributed by atoms with Gasteiger partial charge in [0.2, 0.25) is 11.8 Å². The summed E-state index contributed by atoms with van der Waals surface area (Å²) in [5, 5.41) is 2.94. The Hall–Kier alpha value is -1.02. The van der Waals surface area contributed by atoms with Crippen LogP contribution in [0.5, 0.6) is 0 Å². The van der Waals surface area contributed by atoms with Gasteiger partial charge in [0.1, 0.15) is 6.42 Å². The van der Waals surface area contributed by atoms with Gasteiger partial charge in [-0.1, -0.05) is 13.8 Å². The van der Waals surface area contributed by atoms with Crippen molar-refractivity contribution in [2.45, 2.75) is 58.2 Å². The van der Waals surface area contributed by atoms with Crippen LogP contribution in [0, 0.1) is 5.41 Å². The van der Waals surface area contributed by atoms with Crippen molar-refractivity contribution in [3.05, 3.63) is 0 Å². The second-order valence-electron chi connectivity index (χ2n) is 6.11. The highest BCUT2D eigenvalue weighted by atomic mass is 35.5. The van der Waals surface area contributed by atoms with E-state index >= 15 is 0 Å². The maximum Gasteiger partial charge on any atom is 0.397 e. The minimum Gasteiger partial charge on any atom is -0.353 e. The summed E-state index contributed by atoms with van der Waals surface area (Å²) < 4.78 is 36.7. The van der Waals surface area contributed by atoms with Crippen molar-refractivity contribution >= 4 is 24.2 Å². The van der Waals surface area contributed by atoms with Crippen molar-refractivity contribution in [3.63, 3.8) is 0 Å². The number of alkyl halides is 3. The molecule has 0 aromatic heterocycles. The highest BCUT2D eigenvalue weighted by molar-refractivity contribution is 5.85. The zero-order valence-electron chi connectivity index (χ0n) is 14.1. The molecule has 0 unspecified atom stereocenters. The zero-order chi connectivity index (χ0) is 17.7. The van der Waals surface area contributed by atoms with Crippen LogP contribution in [0.25, 0.3) is 0 Å². The standard InChI is InChI=1S/C15H26F3N3O2.ClH/c1-3-14(4-2,10-19)13(23)20-11-5-7-21(8-6-11)12(22)9-15(16,17)18;/h11H,3-10,19H2,1-2H3,(H,20,23);1H. The molecular formula is C15H27ClF3N3O2. The molecule has 0 saturated carbocycles. The summed E-state index contributed by atoms with van der Waals surface area (Å²) in [6, 6.07) is -0.124. The summed E-state index contributed by atoms with van der Waals surface area (Å²) in [5.74, 6) is -1.01. The van der Waals surface area contributed by atoms with Gasteiger partial charge in [-0.05, 0) is 25.7 Å². The fraction of sp³-hybridized carbons (Fsp3) is 0.867. The Morgan fingerprint density at radius 2 is 1.67 bits per heavy atom. The Balaban J connectivity index is 0.00000529. The molecule has 1 saturated heterocycles. The molecule has 0 bridgehead atoms. The molecule has 1 aliphatic rings. The van der Waals surface area contributed by atoms with Crippen LogP contribution in [-0.4, -0.2) is 48.6 Å². The lowest BCUT2D eigenvalue weighted by molar-refractivity contribution is -0.162. The Morgan fingerprint density at radius 1 is 1.17 bits per heavy atom. The zero-order valence-corrected chi connectivity index (χ0v) is 14.9. The van der Waals surface area contributed by atoms with Crippen LogP contribution in [-0.2, 0) is 9.59 Å². The fourth-order valence-electron chi connectivity index (χ4n) is 2.85. The van der Waals surface area contributed by atoms with E-state index in [0.29, 0.717) is 25.7 Å². The summed E-state index contributed by atoms with van der Waals surface area (Å²) in [6.45, 7) is 4.54. The molecule has 0 aromatic rings. The molecule has 0 aliphatic carbocycles. The molecule has 24 heavy (non-hydrogen) atoms. The van der Waals surface area contributed by atoms with E-state index in [9.17, 15) is 22.8 Å². The molecule has 5 nitrogen and oxygen atoms in total. The van der Waals surface area contributed by atoms with E-state index in [2.05, 4.69) is 5.32 Å². The molecule has 1 heterocycles. The number of likely N-dealkylation sites (tertiary alicyclic amines) is 1. The van der Waals surface area contributed by atoms with Gasteiger partial charge < -0.3 is 16.0 Å². The lowest BCUT2D eigenvalue weighted by Gasteiger charge is -2.36. The van der Waals surface area contributed by atoms with E-state index in [4.69, 9.17) is 5.73 Å². The molecule has 9 heteroatoms. The molecule has 3 N–H and O–H groups in total. The number of nitrogens with zero attached hydrogens (tertiary/aromatic N) is 1. The van der Waals surface area contributed by atoms with Gasteiger partial charge in [0.05, 0.1) is 5.41 Å². The average Bonchev–Trinajstić information content (AvgIpc) is 2.48. The lowest BCUT2D eigenvalue weighted by Crippen LogP contribution is -2.52. The first kappa shape index (κ1) is 23.0. The van der Waals surface area contributed by atoms with Crippen molar-refractivity contribution in [1.82, 2.24) is 10.2 Å². The van der Waals surface area contributed by atoms with Crippen LogP contribution in [0.4, 0.5) is 13.2 Å². The number of nitrogens with two attached hydrogens (primary N) is 1. The van der Waals surface area contributed by atoms with Gasteiger partial charge in [-0.25, -0.2) is 0 Å². The quantitative estimate of drug-likeness (QED) is 0.749. The number of amides is 2. The van der Waals surface area contributed by atoms with Gasteiger partial charge >= 0.3 is 6.18 Å². The second kappa shape index (κ2) is 9.46. The first-order valence-electron chi connectivity index (χ1n) is 8.03. The number of hydrogen-bond donors (Lipinski definition) is 2. The molecular weight excluding hydrogens is 347 g/mol. The first-order valence-corrected chi connectivity index (χ1v) is 8.03. The normalized spacial score (nSPS) is 16.5. The van der Waals surface area contributed by atoms with Gasteiger partial charge in [-0.2, -0.15) is 13.2 Å². The number of hydrogen-bond acceptors (Lipinski definition) is 3. The second-order valence-corrected chi connectivity index (χ2v) is 6.11. The Bertz CT molecular complexity index is 412. The smallest absolute Gasteiger partial charge is 0.353 e. The van der Waals surface area contributed by atoms with Gasteiger partial charge in [0.25, 0.3) is 0 Å². The summed E-state index contributed by atoms with van der Waals surface area (Å²) in [4.78, 5) is 25.2. The summed E-state index contributed by atoms with van der Waals surface area (Å²) in [6.07, 6.45) is -3.71. The van der Waals surface area contributed by atoms with Crippen LogP contribution < -0.4 is 11.1 Å². The number of nitrogens with one attached hydrogen (secondary N) is 1. The summed E-state index contributed by atoms with van der Waals surface area (Å²) in [5.41, 5.74) is 5.14. The Kier molecular flexibility index (Phi) is 9.06. The van der Waals surface area contributed by atoms with Gasteiger partial charge in [0, 0.05) is 25.7 Å². The predicted octanol–water partition coefficient (Wildman–Crippen LogP) is 2.23. The van der Waals surface area contributed by atoms with E-state index in [1.165, 1.54) is 4.90 Å². The topological polar surface area (TPSA) is 75.4 Å². The molecule has 0 spiro atoms. The summed E-state index contributed by atoms with van der Waals surface area (Å²) >= 11 is 0. The van der Waals surface area contributed by atoms with E-state index in [1.807, 2.05) is 13.8 Å². The number of halogens is 4. The van der Waals surface area contributed by atoms with Crippen molar-refractivity contribution in [3.8, 4) is 0 Å². The van der Waals surface area contributed by atoms with Crippen molar-refractivity contribution in [1.29, 1.82) is 0 Å². The van der Waals surface area contributed by atoms with E-state index in [-0.39, 0.29) is 44.0 Å². The molecule has 142 valence electrons. The molecule has 1 rings (SSSR count). The van der Waals surface area contributed by atoms with E-state index < -0.39 is 23.9 Å². The van der Waals surface area contributed by atoms with Gasteiger partial charge in [-0.15, -0.1) is 12.4 Å². The van der Waals surface area contributed by atoms with Crippen LogP contribution in [0.15, 0.2) is 0 Å². The fourth-order valence-corrected chi connectivity index (χ4v) is 2.85. The Morgan fingerprint density at radius 3 is 2.04 bits per heavy atom. The maximum atomic E-state index is 12.4. The third-order valence-electron chi connectivity index (χ3n) is 4.76. The third-order valence-corrected chi connectivity index (χ3v) is 4.76. The van der Waals surface area contributed by atoms with Crippen molar-refractivity contribution in [2.24, 2.45) is 11.1 Å². The highest BCUT2D eigenvalue weighted by Gasteiger charge is 2.37. The molecule has 2 amide bonds. The molecule has 0 radical (unpaired) electrons. The van der Waals surface area contributed by atoms with Crippen LogP contribution in [0.2, 0.25) is 0 Å². The molecule has 0 aromatic carbocycles. The SMILES string of the molecule is CCC(CC)(CN)C(=O)NC1CCN(C(=O)CC(F)(F)F)CC1.Cl. The van der Waals surface area contributed by atoms with E-state index in [1.54, 1.807) is 0 Å². The first-order chi connectivity index (χ1) is 10.7. The Labute approximate surface area is 146 Å². The van der Waals surface area contributed by atoms with Crippen LogP contribution >= 0.6 is 12.4 Å². The van der Waals surface area contributed by atoms with Gasteiger partial charge in [-0.3, -0.25) is 9.59 Å². The van der Waals surface area contributed by atoms with Crippen LogP contribution in [0.1, 0.15) is 46.0 Å². The predicted molar refractivity (Wildman–Crippen MR) is 87.7 cm³/mol. The number of carbonyl (C=O) groups excluding carboxylic acids is 2. The molecule has 1 aliphatic heterocycles. The van der Waals surface area contributed by atoms with E-state index in [0.717, 1.165) is 0 Å². The highest BCUT2D eigenvalue weighted by Crippen LogP contribution is 2.26. The maximum absolute atomic E-state index is 12.4. The number of carbonyl (C=O) groups is 2. The monoisotopic (exact) mass is 373 g/mol. The number of piperidine rings is 1. The third kappa shape index (κ3) is 6.12. The summed E-state index contributed by atoms with van der Waals surface area (Å²) in [7, 11) is 0. The van der Waals surface area contributed by atoms with Crippen molar-refractivity contribution in [2.75, 3.05) is 19.6 Å². The largest absolute Gasteiger partial charge is 0.397 e.